The highest BCUT2D eigenvalue weighted by Crippen LogP contribution is 2.69. The van der Waals surface area contributed by atoms with Crippen LogP contribution in [0.4, 0.5) is 0 Å². The van der Waals surface area contributed by atoms with Gasteiger partial charge in [0, 0.05) is 24.7 Å². The first-order chi connectivity index (χ1) is 16.3. The normalized spacial score (nSPS) is 49.3. The first-order valence-electron chi connectivity index (χ1n) is 14.2. The molecule has 0 aromatic rings. The molecule has 4 fully saturated rings. The van der Waals surface area contributed by atoms with Crippen molar-refractivity contribution < 1.29 is 24.9 Å². The zero-order chi connectivity index (χ0) is 25.9. The third-order valence-corrected chi connectivity index (χ3v) is 11.6. The predicted molar refractivity (Wildman–Crippen MR) is 137 cm³/mol. The van der Waals surface area contributed by atoms with Crippen molar-refractivity contribution in [1.29, 1.82) is 0 Å². The fourth-order valence-corrected chi connectivity index (χ4v) is 9.17. The van der Waals surface area contributed by atoms with E-state index >= 15 is 0 Å². The van der Waals surface area contributed by atoms with E-state index in [1.165, 1.54) is 6.92 Å². The van der Waals surface area contributed by atoms with Crippen molar-refractivity contribution in [3.8, 4) is 0 Å². The summed E-state index contributed by atoms with van der Waals surface area (Å²) in [5.74, 6) is 2.35. The van der Waals surface area contributed by atoms with Gasteiger partial charge in [-0.25, -0.2) is 0 Å². The van der Waals surface area contributed by atoms with Crippen molar-refractivity contribution >= 4 is 5.97 Å². The molecule has 4 aliphatic carbocycles. The monoisotopic (exact) mass is 490 g/mol. The van der Waals surface area contributed by atoms with Crippen molar-refractivity contribution in [2.45, 2.75) is 117 Å². The van der Waals surface area contributed by atoms with Crippen LogP contribution < -0.4 is 0 Å². The Morgan fingerprint density at radius 2 is 1.66 bits per heavy atom. The van der Waals surface area contributed by atoms with Gasteiger partial charge in [0.25, 0.3) is 0 Å². The van der Waals surface area contributed by atoms with Crippen LogP contribution in [-0.2, 0) is 9.53 Å². The average molecular weight is 491 g/mol. The molecule has 35 heavy (non-hydrogen) atoms. The predicted octanol–water partition coefficient (Wildman–Crippen LogP) is 5.12. The lowest BCUT2D eigenvalue weighted by atomic mass is 9.41. The van der Waals surface area contributed by atoms with Gasteiger partial charge in [0.15, 0.2) is 0 Å². The Morgan fingerprint density at radius 3 is 2.29 bits per heavy atom. The number of ether oxygens (including phenoxy) is 1. The molecule has 5 heteroatoms. The van der Waals surface area contributed by atoms with Gasteiger partial charge in [-0.3, -0.25) is 4.79 Å². The molecule has 0 aromatic heterocycles. The summed E-state index contributed by atoms with van der Waals surface area (Å²) in [7, 11) is 0. The molecular formula is C30H50O5. The SMILES string of the molecule is CC(=O)O[C@@H]1[C@H]2[C@@H]3CC[C@H]([C@H](C)/C=C/[C@@H](C)C(C)C)[C@@]3(C)CC[C@@H]2[C@@]2(C)CC[C@H](O)C[C@]2(O)[C@@H]1O. The van der Waals surface area contributed by atoms with E-state index in [1.54, 1.807) is 0 Å². The molecule has 5 nitrogen and oxygen atoms in total. The number of aliphatic hydroxyl groups excluding tert-OH is 2. The van der Waals surface area contributed by atoms with Crippen LogP contribution in [0.1, 0.15) is 93.4 Å². The minimum absolute atomic E-state index is 0.0314. The molecule has 3 N–H and O–H groups in total. The second-order valence-corrected chi connectivity index (χ2v) is 13.6. The molecule has 0 heterocycles. The molecule has 0 bridgehead atoms. The first kappa shape index (κ1) is 27.1. The van der Waals surface area contributed by atoms with Crippen molar-refractivity contribution in [2.24, 2.45) is 52.3 Å². The van der Waals surface area contributed by atoms with Crippen LogP contribution in [-0.4, -0.2) is 45.2 Å². The lowest BCUT2D eigenvalue weighted by Crippen LogP contribution is -2.73. The second-order valence-electron chi connectivity index (χ2n) is 13.6. The van der Waals surface area contributed by atoms with Crippen molar-refractivity contribution in [3.63, 3.8) is 0 Å². The number of hydrogen-bond donors (Lipinski definition) is 3. The summed E-state index contributed by atoms with van der Waals surface area (Å²) in [5.41, 5.74) is -1.82. The molecule has 0 spiro atoms. The smallest absolute Gasteiger partial charge is 0.303 e. The van der Waals surface area contributed by atoms with E-state index in [1.807, 2.05) is 0 Å². The lowest BCUT2D eigenvalue weighted by Gasteiger charge is -2.66. The summed E-state index contributed by atoms with van der Waals surface area (Å²) in [4.78, 5) is 12.2. The van der Waals surface area contributed by atoms with Gasteiger partial charge < -0.3 is 20.1 Å². The first-order valence-corrected chi connectivity index (χ1v) is 14.2. The molecule has 0 saturated heterocycles. The molecule has 4 saturated carbocycles. The molecule has 0 aromatic carbocycles. The summed E-state index contributed by atoms with van der Waals surface area (Å²) in [6, 6.07) is 0. The molecule has 4 aliphatic rings. The minimum Gasteiger partial charge on any atom is -0.459 e. The molecule has 4 rings (SSSR count). The van der Waals surface area contributed by atoms with Crippen LogP contribution in [0.15, 0.2) is 12.2 Å². The van der Waals surface area contributed by atoms with E-state index < -0.39 is 35.3 Å². The molecule has 0 radical (unpaired) electrons. The van der Waals surface area contributed by atoms with Crippen LogP contribution in [0.2, 0.25) is 0 Å². The number of hydrogen-bond acceptors (Lipinski definition) is 5. The standard InChI is InChI=1S/C30H50O5/c1-17(2)18(3)8-9-19(4)22-10-11-23-25-24(13-14-28(22,23)6)29(7)15-12-21(32)16-30(29,34)27(33)26(25)35-20(5)31/h8-9,17-19,21-27,32-34H,10-16H2,1-7H3/b9-8+/t18-,19-,21+,22-,23+,24+,25+,26-,27-,28-,29-,30+/m1/s1. The van der Waals surface area contributed by atoms with Gasteiger partial charge >= 0.3 is 5.97 Å². The van der Waals surface area contributed by atoms with Gasteiger partial charge in [0.2, 0.25) is 0 Å². The molecule has 12 atom stereocenters. The van der Waals surface area contributed by atoms with E-state index in [9.17, 15) is 20.1 Å². The minimum atomic E-state index is -1.44. The summed E-state index contributed by atoms with van der Waals surface area (Å²) in [5, 5.41) is 34.0. The fraction of sp³-hybridized carbons (Fsp3) is 0.900. The van der Waals surface area contributed by atoms with Gasteiger partial charge in [-0.1, -0.05) is 53.7 Å². The Balaban J connectivity index is 1.68. The quantitative estimate of drug-likeness (QED) is 0.368. The number of esters is 1. The number of carbonyl (C=O) groups is 1. The molecule has 200 valence electrons. The van der Waals surface area contributed by atoms with Crippen molar-refractivity contribution in [1.82, 2.24) is 0 Å². The topological polar surface area (TPSA) is 87.0 Å². The molecule has 0 amide bonds. The summed E-state index contributed by atoms with van der Waals surface area (Å²) >= 11 is 0. The number of carbonyl (C=O) groups excluding carboxylic acids is 1. The second kappa shape index (κ2) is 9.44. The Kier molecular flexibility index (Phi) is 7.32. The van der Waals surface area contributed by atoms with E-state index in [0.29, 0.717) is 42.4 Å². The fourth-order valence-electron chi connectivity index (χ4n) is 9.17. The summed E-state index contributed by atoms with van der Waals surface area (Å²) in [6.45, 7) is 15.1. The Hall–Kier alpha value is -0.910. The maximum atomic E-state index is 12.2. The van der Waals surface area contributed by atoms with Crippen LogP contribution in [0, 0.1) is 52.3 Å². The number of rotatable bonds is 5. The van der Waals surface area contributed by atoms with Gasteiger partial charge in [0.05, 0.1) is 6.10 Å². The van der Waals surface area contributed by atoms with Gasteiger partial charge in [-0.05, 0) is 79.4 Å². The number of allylic oxidation sites excluding steroid dienone is 2. The summed E-state index contributed by atoms with van der Waals surface area (Å²) < 4.78 is 5.88. The summed E-state index contributed by atoms with van der Waals surface area (Å²) in [6.07, 6.45) is 8.03. The van der Waals surface area contributed by atoms with Crippen molar-refractivity contribution in [3.05, 3.63) is 12.2 Å². The molecule has 0 aliphatic heterocycles. The highest BCUT2D eigenvalue weighted by Gasteiger charge is 2.71. The maximum absolute atomic E-state index is 12.2. The highest BCUT2D eigenvalue weighted by molar-refractivity contribution is 5.66. The lowest BCUT2D eigenvalue weighted by molar-refractivity contribution is -0.299. The number of aliphatic hydroxyl groups is 3. The third kappa shape index (κ3) is 4.22. The maximum Gasteiger partial charge on any atom is 0.303 e. The van der Waals surface area contributed by atoms with Gasteiger partial charge in [0.1, 0.15) is 17.8 Å². The molecule has 0 unspecified atom stereocenters. The van der Waals surface area contributed by atoms with Gasteiger partial charge in [-0.2, -0.15) is 0 Å². The zero-order valence-corrected chi connectivity index (χ0v) is 23.0. The van der Waals surface area contributed by atoms with Crippen LogP contribution in [0.5, 0.6) is 0 Å². The van der Waals surface area contributed by atoms with E-state index in [0.717, 1.165) is 25.7 Å². The Labute approximate surface area is 212 Å². The van der Waals surface area contributed by atoms with Crippen LogP contribution in [0.3, 0.4) is 0 Å². The Morgan fingerprint density at radius 1 is 0.971 bits per heavy atom. The zero-order valence-electron chi connectivity index (χ0n) is 23.0. The number of fused-ring (bicyclic) bond motifs is 5. The van der Waals surface area contributed by atoms with Crippen molar-refractivity contribution in [2.75, 3.05) is 0 Å². The van der Waals surface area contributed by atoms with E-state index in [4.69, 9.17) is 4.74 Å². The van der Waals surface area contributed by atoms with E-state index in [2.05, 4.69) is 53.7 Å². The van der Waals surface area contributed by atoms with Crippen LogP contribution in [0.25, 0.3) is 0 Å². The van der Waals surface area contributed by atoms with Crippen LogP contribution >= 0.6 is 0 Å². The molecular weight excluding hydrogens is 440 g/mol. The highest BCUT2D eigenvalue weighted by atomic mass is 16.6. The van der Waals surface area contributed by atoms with Gasteiger partial charge in [-0.15, -0.1) is 0 Å². The Bertz CT molecular complexity index is 824. The average Bonchev–Trinajstić information content (AvgIpc) is 3.13. The third-order valence-electron chi connectivity index (χ3n) is 11.6. The van der Waals surface area contributed by atoms with E-state index in [-0.39, 0.29) is 23.7 Å². The largest absolute Gasteiger partial charge is 0.459 e.